The summed E-state index contributed by atoms with van der Waals surface area (Å²) in [6, 6.07) is 4.30. The fourth-order valence-corrected chi connectivity index (χ4v) is 2.27. The number of nitro benzene ring substituents is 1. The number of hydrogen-bond acceptors (Lipinski definition) is 4. The van der Waals surface area contributed by atoms with E-state index < -0.39 is 10.8 Å². The van der Waals surface area contributed by atoms with Gasteiger partial charge in [-0.1, -0.05) is 17.7 Å². The van der Waals surface area contributed by atoms with Crippen LogP contribution in [0.1, 0.15) is 23.2 Å². The second-order valence-electron chi connectivity index (χ2n) is 4.39. The smallest absolute Gasteiger partial charge is 0.300 e. The van der Waals surface area contributed by atoms with Crippen molar-refractivity contribution in [2.45, 2.75) is 25.0 Å². The monoisotopic (exact) mass is 284 g/mol. The summed E-state index contributed by atoms with van der Waals surface area (Å²) >= 11 is 5.76. The van der Waals surface area contributed by atoms with Gasteiger partial charge in [-0.2, -0.15) is 0 Å². The molecule has 19 heavy (non-hydrogen) atoms. The minimum absolute atomic E-state index is 0.00367. The van der Waals surface area contributed by atoms with E-state index in [1.807, 2.05) is 0 Å². The number of ether oxygens (including phenoxy) is 1. The quantitative estimate of drug-likeness (QED) is 0.678. The lowest BCUT2D eigenvalue weighted by atomic mass is 9.89. The van der Waals surface area contributed by atoms with Crippen LogP contribution in [-0.2, 0) is 4.74 Å². The second-order valence-corrected chi connectivity index (χ2v) is 4.80. The van der Waals surface area contributed by atoms with Gasteiger partial charge in [0.05, 0.1) is 11.0 Å². The minimum atomic E-state index is -0.643. The first-order chi connectivity index (χ1) is 9.02. The molecule has 0 radical (unpaired) electrons. The molecule has 0 spiro atoms. The van der Waals surface area contributed by atoms with Crippen LogP contribution in [0.2, 0.25) is 5.02 Å². The fourth-order valence-electron chi connectivity index (χ4n) is 2.02. The molecule has 1 saturated carbocycles. The number of benzene rings is 1. The second kappa shape index (κ2) is 5.54. The van der Waals surface area contributed by atoms with Crippen LogP contribution in [0.5, 0.6) is 0 Å². The molecular weight excluding hydrogens is 272 g/mol. The lowest BCUT2D eigenvalue weighted by molar-refractivity contribution is -0.385. The van der Waals surface area contributed by atoms with Crippen molar-refractivity contribution in [3.63, 3.8) is 0 Å². The predicted octanol–water partition coefficient (Wildman–Crippen LogP) is 2.16. The molecule has 0 aromatic heterocycles. The molecule has 102 valence electrons. The maximum absolute atomic E-state index is 12.0. The van der Waals surface area contributed by atoms with Crippen molar-refractivity contribution in [3.05, 3.63) is 38.9 Å². The first-order valence-corrected chi connectivity index (χ1v) is 6.17. The Bertz CT molecular complexity index is 514. The van der Waals surface area contributed by atoms with Crippen LogP contribution in [0.3, 0.4) is 0 Å². The van der Waals surface area contributed by atoms with E-state index in [2.05, 4.69) is 5.32 Å². The van der Waals surface area contributed by atoms with Crippen molar-refractivity contribution >= 4 is 23.2 Å². The van der Waals surface area contributed by atoms with Crippen LogP contribution >= 0.6 is 11.6 Å². The Balaban J connectivity index is 2.12. The molecule has 1 aliphatic carbocycles. The molecule has 0 saturated heterocycles. The number of hydrogen-bond donors (Lipinski definition) is 1. The van der Waals surface area contributed by atoms with E-state index in [-0.39, 0.29) is 28.4 Å². The van der Waals surface area contributed by atoms with Crippen molar-refractivity contribution < 1.29 is 14.5 Å². The van der Waals surface area contributed by atoms with E-state index in [0.717, 1.165) is 12.8 Å². The van der Waals surface area contributed by atoms with Crippen LogP contribution in [0.15, 0.2) is 18.2 Å². The highest BCUT2D eigenvalue weighted by molar-refractivity contribution is 6.33. The Morgan fingerprint density at radius 1 is 1.53 bits per heavy atom. The minimum Gasteiger partial charge on any atom is -0.381 e. The molecule has 0 aliphatic heterocycles. The fraction of sp³-hybridized carbons (Fsp3) is 0.417. The zero-order valence-electron chi connectivity index (χ0n) is 10.3. The predicted molar refractivity (Wildman–Crippen MR) is 69.4 cm³/mol. The van der Waals surface area contributed by atoms with Crippen molar-refractivity contribution in [1.29, 1.82) is 0 Å². The van der Waals surface area contributed by atoms with E-state index in [9.17, 15) is 14.9 Å². The summed E-state index contributed by atoms with van der Waals surface area (Å²) in [6.07, 6.45) is 1.59. The normalized spacial score (nSPS) is 21.6. The number of nitro groups is 1. The summed E-state index contributed by atoms with van der Waals surface area (Å²) in [5.41, 5.74) is -0.373. The highest BCUT2D eigenvalue weighted by Crippen LogP contribution is 2.29. The maximum Gasteiger partial charge on any atom is 0.300 e. The van der Waals surface area contributed by atoms with Gasteiger partial charge in [-0.25, -0.2) is 0 Å². The molecule has 1 aromatic rings. The average Bonchev–Trinajstić information content (AvgIpc) is 2.32. The number of halogens is 1. The number of nitrogens with one attached hydrogen (secondary N) is 1. The number of rotatable bonds is 4. The SMILES string of the molecule is COC1CC(NC(=O)c2cccc(Cl)c2[N+](=O)[O-])C1. The average molecular weight is 285 g/mol. The standard InChI is InChI=1S/C12H13ClN2O4/c1-19-8-5-7(6-8)14-12(16)9-3-2-4-10(13)11(9)15(17)18/h2-4,7-8H,5-6H2,1H3,(H,14,16). The van der Waals surface area contributed by atoms with Gasteiger partial charge in [-0.15, -0.1) is 0 Å². The van der Waals surface area contributed by atoms with Gasteiger partial charge in [-0.3, -0.25) is 14.9 Å². The zero-order valence-corrected chi connectivity index (χ0v) is 11.0. The lowest BCUT2D eigenvalue weighted by Gasteiger charge is -2.34. The molecule has 0 heterocycles. The number of nitrogens with zero attached hydrogens (tertiary/aromatic N) is 1. The Kier molecular flexibility index (Phi) is 4.01. The highest BCUT2D eigenvalue weighted by Gasteiger charge is 2.32. The number of amides is 1. The molecule has 6 nitrogen and oxygen atoms in total. The van der Waals surface area contributed by atoms with Gasteiger partial charge >= 0.3 is 5.69 Å². The van der Waals surface area contributed by atoms with Crippen LogP contribution in [-0.4, -0.2) is 30.1 Å². The van der Waals surface area contributed by atoms with Gasteiger partial charge in [0.15, 0.2) is 0 Å². The van der Waals surface area contributed by atoms with Crippen LogP contribution in [0.4, 0.5) is 5.69 Å². The number of carbonyl (C=O) groups excluding carboxylic acids is 1. The van der Waals surface area contributed by atoms with Gasteiger partial charge in [0.25, 0.3) is 5.91 Å². The molecule has 1 fully saturated rings. The Morgan fingerprint density at radius 3 is 2.79 bits per heavy atom. The largest absolute Gasteiger partial charge is 0.381 e. The molecule has 1 aromatic carbocycles. The molecule has 1 N–H and O–H groups in total. The van der Waals surface area contributed by atoms with E-state index in [0.29, 0.717) is 0 Å². The van der Waals surface area contributed by atoms with Gasteiger partial charge < -0.3 is 10.1 Å². The third kappa shape index (κ3) is 2.85. The third-order valence-corrected chi connectivity index (χ3v) is 3.48. The van der Waals surface area contributed by atoms with Crippen molar-refractivity contribution in [2.24, 2.45) is 0 Å². The van der Waals surface area contributed by atoms with E-state index in [4.69, 9.17) is 16.3 Å². The van der Waals surface area contributed by atoms with Crippen molar-refractivity contribution in [1.82, 2.24) is 5.32 Å². The van der Waals surface area contributed by atoms with Crippen molar-refractivity contribution in [3.8, 4) is 0 Å². The number of carbonyl (C=O) groups is 1. The first kappa shape index (κ1) is 13.8. The molecule has 0 bridgehead atoms. The summed E-state index contributed by atoms with van der Waals surface area (Å²) < 4.78 is 5.10. The summed E-state index contributed by atoms with van der Waals surface area (Å²) in [5.74, 6) is -0.478. The number of para-hydroxylation sites is 1. The number of methoxy groups -OCH3 is 1. The summed E-state index contributed by atoms with van der Waals surface area (Å²) in [6.45, 7) is 0. The summed E-state index contributed by atoms with van der Waals surface area (Å²) in [7, 11) is 1.62. The molecule has 0 unspecified atom stereocenters. The van der Waals surface area contributed by atoms with Gasteiger partial charge in [0.2, 0.25) is 0 Å². The van der Waals surface area contributed by atoms with Crippen LogP contribution in [0.25, 0.3) is 0 Å². The van der Waals surface area contributed by atoms with E-state index in [1.165, 1.54) is 18.2 Å². The molecule has 1 amide bonds. The van der Waals surface area contributed by atoms with Crippen LogP contribution in [0, 0.1) is 10.1 Å². The Labute approximate surface area is 114 Å². The first-order valence-electron chi connectivity index (χ1n) is 5.79. The molecular formula is C12H13ClN2O4. The van der Waals surface area contributed by atoms with Gasteiger partial charge in [0, 0.05) is 13.2 Å². The molecule has 7 heteroatoms. The lowest BCUT2D eigenvalue weighted by Crippen LogP contribution is -2.47. The molecule has 0 atom stereocenters. The highest BCUT2D eigenvalue weighted by atomic mass is 35.5. The molecule has 1 aliphatic rings. The topological polar surface area (TPSA) is 81.5 Å². The Hall–Kier alpha value is -1.66. The summed E-state index contributed by atoms with van der Waals surface area (Å²) in [5, 5.41) is 13.6. The zero-order chi connectivity index (χ0) is 14.0. The Morgan fingerprint density at radius 2 is 2.21 bits per heavy atom. The summed E-state index contributed by atoms with van der Waals surface area (Å²) in [4.78, 5) is 22.3. The van der Waals surface area contributed by atoms with Gasteiger partial charge in [0.1, 0.15) is 10.6 Å². The van der Waals surface area contributed by atoms with Crippen molar-refractivity contribution in [2.75, 3.05) is 7.11 Å². The van der Waals surface area contributed by atoms with E-state index in [1.54, 1.807) is 7.11 Å². The third-order valence-electron chi connectivity index (χ3n) is 3.18. The van der Waals surface area contributed by atoms with Crippen LogP contribution < -0.4 is 5.32 Å². The van der Waals surface area contributed by atoms with E-state index >= 15 is 0 Å². The maximum atomic E-state index is 12.0. The van der Waals surface area contributed by atoms with Gasteiger partial charge in [-0.05, 0) is 25.0 Å². The molecule has 2 rings (SSSR count).